The topological polar surface area (TPSA) is 71.0 Å². The summed E-state index contributed by atoms with van der Waals surface area (Å²) < 4.78 is 13.3. The average Bonchev–Trinajstić information content (AvgIpc) is 3.43. The van der Waals surface area contributed by atoms with Gasteiger partial charge in [0.15, 0.2) is 0 Å². The van der Waals surface area contributed by atoms with Crippen molar-refractivity contribution in [2.75, 3.05) is 11.4 Å². The maximum atomic E-state index is 13.3. The van der Waals surface area contributed by atoms with Crippen LogP contribution in [0.25, 0.3) is 0 Å². The summed E-state index contributed by atoms with van der Waals surface area (Å²) in [6.07, 6.45) is 4.99. The Morgan fingerprint density at radius 3 is 2.58 bits per heavy atom. The fourth-order valence-electron chi connectivity index (χ4n) is 5.40. The minimum atomic E-state index is -0.479. The molecule has 3 heterocycles. The maximum absolute atomic E-state index is 13.3. The standard InChI is InChI=1S/C26H26FN5O/c1-15-13-26(15,31-25(33)17-3-6-19(27)7-4-17)22-10-9-21-24(30-22)20-8-5-18(20)14-32(21)23-11-12-28-16(2)29-23/h3-4,6-7,9-12,15,18,20H,5,8,13-14H2,1-2H3,(H,31,33)/t15-,18+,20+,26-/m0/s1. The van der Waals surface area contributed by atoms with Crippen LogP contribution in [0.2, 0.25) is 0 Å². The monoisotopic (exact) mass is 443 g/mol. The molecule has 6 rings (SSSR count). The summed E-state index contributed by atoms with van der Waals surface area (Å²) in [5, 5.41) is 3.21. The van der Waals surface area contributed by atoms with E-state index < -0.39 is 5.54 Å². The lowest BCUT2D eigenvalue weighted by Gasteiger charge is -2.46. The van der Waals surface area contributed by atoms with E-state index in [1.165, 1.54) is 30.7 Å². The van der Waals surface area contributed by atoms with Crippen LogP contribution in [0, 0.1) is 24.6 Å². The number of pyridine rings is 1. The van der Waals surface area contributed by atoms with Gasteiger partial charge in [-0.15, -0.1) is 0 Å². The molecule has 2 fully saturated rings. The van der Waals surface area contributed by atoms with Crippen LogP contribution in [0.15, 0.2) is 48.7 Å². The van der Waals surface area contributed by atoms with Crippen molar-refractivity contribution in [3.63, 3.8) is 0 Å². The molecule has 0 bridgehead atoms. The second-order valence-corrected chi connectivity index (χ2v) is 9.65. The van der Waals surface area contributed by atoms with Crippen LogP contribution in [0.1, 0.15) is 59.7 Å². The molecular formula is C26H26FN5O. The van der Waals surface area contributed by atoms with E-state index in [0.717, 1.165) is 48.1 Å². The third-order valence-electron chi connectivity index (χ3n) is 7.63. The van der Waals surface area contributed by atoms with E-state index in [1.807, 2.05) is 19.1 Å². The van der Waals surface area contributed by atoms with E-state index in [-0.39, 0.29) is 17.6 Å². The summed E-state index contributed by atoms with van der Waals surface area (Å²) in [5.74, 6) is 2.42. The molecule has 2 aliphatic carbocycles. The number of carbonyl (C=O) groups excluding carboxylic acids is 1. The highest BCUT2D eigenvalue weighted by Crippen LogP contribution is 2.55. The van der Waals surface area contributed by atoms with Gasteiger partial charge < -0.3 is 10.2 Å². The molecule has 3 aliphatic rings. The van der Waals surface area contributed by atoms with E-state index in [9.17, 15) is 9.18 Å². The fourth-order valence-corrected chi connectivity index (χ4v) is 5.40. The fraction of sp³-hybridized carbons (Fsp3) is 0.385. The summed E-state index contributed by atoms with van der Waals surface area (Å²) in [6.45, 7) is 4.98. The highest BCUT2D eigenvalue weighted by atomic mass is 19.1. The summed E-state index contributed by atoms with van der Waals surface area (Å²) in [7, 11) is 0. The highest BCUT2D eigenvalue weighted by Gasteiger charge is 2.55. The van der Waals surface area contributed by atoms with Crippen molar-refractivity contribution < 1.29 is 9.18 Å². The lowest BCUT2D eigenvalue weighted by molar-refractivity contribution is 0.0925. The van der Waals surface area contributed by atoms with Gasteiger partial charge in [0.05, 0.1) is 22.6 Å². The lowest BCUT2D eigenvalue weighted by atomic mass is 9.69. The first kappa shape index (κ1) is 20.3. The molecule has 2 aromatic heterocycles. The molecule has 0 unspecified atom stereocenters. The number of anilines is 2. The second-order valence-electron chi connectivity index (χ2n) is 9.65. The number of aryl methyl sites for hydroxylation is 1. The largest absolute Gasteiger partial charge is 0.341 e. The van der Waals surface area contributed by atoms with Gasteiger partial charge in [-0.3, -0.25) is 9.78 Å². The Hall–Kier alpha value is -3.35. The summed E-state index contributed by atoms with van der Waals surface area (Å²) in [4.78, 5) is 29.3. The zero-order chi connectivity index (χ0) is 22.7. The molecule has 1 N–H and O–H groups in total. The molecule has 4 atom stereocenters. The molecule has 33 heavy (non-hydrogen) atoms. The van der Waals surface area contributed by atoms with Crippen LogP contribution in [-0.2, 0) is 5.54 Å². The third kappa shape index (κ3) is 3.29. The van der Waals surface area contributed by atoms with Crippen LogP contribution in [0.3, 0.4) is 0 Å². The van der Waals surface area contributed by atoms with Crippen LogP contribution in [0.4, 0.5) is 15.9 Å². The Bertz CT molecular complexity index is 1250. The summed E-state index contributed by atoms with van der Waals surface area (Å²) in [5.41, 5.74) is 3.10. The Morgan fingerprint density at radius 2 is 1.91 bits per heavy atom. The van der Waals surface area contributed by atoms with Crippen molar-refractivity contribution in [1.29, 1.82) is 0 Å². The number of aromatic nitrogens is 3. The van der Waals surface area contributed by atoms with Crippen LogP contribution in [-0.4, -0.2) is 27.4 Å². The quantitative estimate of drug-likeness (QED) is 0.637. The van der Waals surface area contributed by atoms with E-state index in [0.29, 0.717) is 17.4 Å². The molecule has 0 spiro atoms. The summed E-state index contributed by atoms with van der Waals surface area (Å²) >= 11 is 0. The predicted molar refractivity (Wildman–Crippen MR) is 123 cm³/mol. The van der Waals surface area contributed by atoms with E-state index in [4.69, 9.17) is 4.98 Å². The van der Waals surface area contributed by atoms with Crippen molar-refractivity contribution in [2.45, 2.75) is 44.6 Å². The smallest absolute Gasteiger partial charge is 0.252 e. The molecule has 1 aliphatic heterocycles. The van der Waals surface area contributed by atoms with Gasteiger partial charge in [-0.25, -0.2) is 14.4 Å². The normalized spacial score (nSPS) is 27.2. The second kappa shape index (κ2) is 7.33. The Labute approximate surface area is 192 Å². The number of nitrogens with one attached hydrogen (secondary N) is 1. The van der Waals surface area contributed by atoms with Gasteiger partial charge in [-0.1, -0.05) is 6.92 Å². The number of hydrogen-bond acceptors (Lipinski definition) is 5. The zero-order valence-electron chi connectivity index (χ0n) is 18.8. The lowest BCUT2D eigenvalue weighted by Crippen LogP contribution is -2.42. The number of benzene rings is 1. The first-order chi connectivity index (χ1) is 15.9. The molecule has 0 saturated heterocycles. The number of amides is 1. The number of rotatable bonds is 4. The van der Waals surface area contributed by atoms with Crippen molar-refractivity contribution in [3.8, 4) is 0 Å². The van der Waals surface area contributed by atoms with Crippen LogP contribution < -0.4 is 10.2 Å². The minimum absolute atomic E-state index is 0.196. The molecule has 6 nitrogen and oxygen atoms in total. The number of carbonyl (C=O) groups is 1. The van der Waals surface area contributed by atoms with E-state index in [2.05, 4.69) is 33.2 Å². The Balaban J connectivity index is 1.35. The Kier molecular flexibility index (Phi) is 4.50. The molecular weight excluding hydrogens is 417 g/mol. The zero-order valence-corrected chi connectivity index (χ0v) is 18.8. The third-order valence-corrected chi connectivity index (χ3v) is 7.63. The average molecular weight is 444 g/mol. The summed E-state index contributed by atoms with van der Waals surface area (Å²) in [6, 6.07) is 11.8. The molecule has 1 aromatic carbocycles. The molecule has 2 saturated carbocycles. The Morgan fingerprint density at radius 1 is 1.12 bits per heavy atom. The van der Waals surface area contributed by atoms with Gasteiger partial charge >= 0.3 is 0 Å². The van der Waals surface area contributed by atoms with Gasteiger partial charge in [0.2, 0.25) is 0 Å². The van der Waals surface area contributed by atoms with Crippen LogP contribution >= 0.6 is 0 Å². The van der Waals surface area contributed by atoms with Crippen molar-refractivity contribution in [1.82, 2.24) is 20.3 Å². The van der Waals surface area contributed by atoms with Gasteiger partial charge in [0.1, 0.15) is 17.5 Å². The highest BCUT2D eigenvalue weighted by molar-refractivity contribution is 5.95. The molecule has 3 aromatic rings. The molecule has 7 heteroatoms. The maximum Gasteiger partial charge on any atom is 0.252 e. The minimum Gasteiger partial charge on any atom is -0.341 e. The molecule has 1 amide bonds. The first-order valence-corrected chi connectivity index (χ1v) is 11.6. The number of fused-ring (bicyclic) bond motifs is 3. The van der Waals surface area contributed by atoms with Crippen molar-refractivity contribution >= 4 is 17.4 Å². The molecule has 0 radical (unpaired) electrons. The number of nitrogens with zero attached hydrogens (tertiary/aromatic N) is 4. The molecule has 168 valence electrons. The van der Waals surface area contributed by atoms with Crippen molar-refractivity contribution in [3.05, 3.63) is 77.3 Å². The van der Waals surface area contributed by atoms with Gasteiger partial charge in [0.25, 0.3) is 5.91 Å². The van der Waals surface area contributed by atoms with Gasteiger partial charge in [-0.2, -0.15) is 0 Å². The van der Waals surface area contributed by atoms with Gasteiger partial charge in [0, 0.05) is 24.2 Å². The predicted octanol–water partition coefficient (Wildman–Crippen LogP) is 4.63. The van der Waals surface area contributed by atoms with Crippen molar-refractivity contribution in [2.24, 2.45) is 11.8 Å². The number of halogens is 1. The van der Waals surface area contributed by atoms with Crippen LogP contribution in [0.5, 0.6) is 0 Å². The van der Waals surface area contributed by atoms with Gasteiger partial charge in [-0.05, 0) is 80.5 Å². The SMILES string of the molecule is Cc1nccc(N2C[C@H]3CC[C@H]3c3nc([C@]4(NC(=O)c5ccc(F)cc5)C[C@@H]4C)ccc32)n1. The van der Waals surface area contributed by atoms with E-state index >= 15 is 0 Å². The first-order valence-electron chi connectivity index (χ1n) is 11.6. The number of hydrogen-bond donors (Lipinski definition) is 1. The van der Waals surface area contributed by atoms with E-state index in [1.54, 1.807) is 6.20 Å².